The van der Waals surface area contributed by atoms with Crippen molar-refractivity contribution in [3.05, 3.63) is 29.6 Å². The Morgan fingerprint density at radius 1 is 1.37 bits per heavy atom. The van der Waals surface area contributed by atoms with Gasteiger partial charge in [0.1, 0.15) is 0 Å². The zero-order chi connectivity index (χ0) is 14.0. The van der Waals surface area contributed by atoms with Gasteiger partial charge in [-0.25, -0.2) is 4.39 Å². The molecule has 1 amide bonds. The van der Waals surface area contributed by atoms with Gasteiger partial charge in [-0.3, -0.25) is 4.79 Å². The van der Waals surface area contributed by atoms with Crippen LogP contribution in [0.3, 0.4) is 0 Å². The molecule has 0 radical (unpaired) electrons. The molecule has 0 bridgehead atoms. The van der Waals surface area contributed by atoms with Crippen LogP contribution in [0, 0.1) is 5.82 Å². The van der Waals surface area contributed by atoms with E-state index >= 15 is 0 Å². The molecule has 1 aromatic rings. The van der Waals surface area contributed by atoms with Crippen molar-refractivity contribution in [3.63, 3.8) is 0 Å². The summed E-state index contributed by atoms with van der Waals surface area (Å²) in [5, 5.41) is 0. The lowest BCUT2D eigenvalue weighted by molar-refractivity contribution is -0.0586. The van der Waals surface area contributed by atoms with Crippen molar-refractivity contribution >= 4 is 5.91 Å². The average molecular weight is 267 g/mol. The number of rotatable bonds is 2. The van der Waals surface area contributed by atoms with Gasteiger partial charge < -0.3 is 14.4 Å². The van der Waals surface area contributed by atoms with Crippen molar-refractivity contribution in [2.75, 3.05) is 20.2 Å². The number of morpholine rings is 1. The summed E-state index contributed by atoms with van der Waals surface area (Å²) in [7, 11) is 1.39. The first-order valence-corrected chi connectivity index (χ1v) is 6.29. The van der Waals surface area contributed by atoms with E-state index in [0.29, 0.717) is 18.7 Å². The molecule has 0 N–H and O–H groups in total. The van der Waals surface area contributed by atoms with Gasteiger partial charge in [-0.1, -0.05) is 0 Å². The molecule has 0 unspecified atom stereocenters. The highest BCUT2D eigenvalue weighted by atomic mass is 19.1. The summed E-state index contributed by atoms with van der Waals surface area (Å²) >= 11 is 0. The first-order valence-electron chi connectivity index (χ1n) is 6.29. The van der Waals surface area contributed by atoms with Crippen molar-refractivity contribution < 1.29 is 18.7 Å². The maximum Gasteiger partial charge on any atom is 0.254 e. The number of nitrogens with zero attached hydrogens (tertiary/aromatic N) is 1. The summed E-state index contributed by atoms with van der Waals surface area (Å²) in [6.07, 6.45) is -0.00779. The van der Waals surface area contributed by atoms with E-state index in [1.54, 1.807) is 11.0 Å². The van der Waals surface area contributed by atoms with E-state index in [4.69, 9.17) is 9.47 Å². The van der Waals surface area contributed by atoms with Crippen LogP contribution in [-0.2, 0) is 4.74 Å². The molecule has 2 atom stereocenters. The Hall–Kier alpha value is -1.62. The van der Waals surface area contributed by atoms with E-state index in [1.165, 1.54) is 19.2 Å². The summed E-state index contributed by atoms with van der Waals surface area (Å²) in [6.45, 7) is 4.89. The van der Waals surface area contributed by atoms with E-state index in [9.17, 15) is 9.18 Å². The van der Waals surface area contributed by atoms with Gasteiger partial charge in [-0.2, -0.15) is 0 Å². The Labute approximate surface area is 112 Å². The van der Waals surface area contributed by atoms with Gasteiger partial charge in [0.15, 0.2) is 11.6 Å². The van der Waals surface area contributed by atoms with Crippen LogP contribution in [0.15, 0.2) is 18.2 Å². The van der Waals surface area contributed by atoms with Gasteiger partial charge in [0.2, 0.25) is 0 Å². The second kappa shape index (κ2) is 5.57. The molecule has 19 heavy (non-hydrogen) atoms. The molecule has 1 aromatic carbocycles. The Morgan fingerprint density at radius 3 is 2.53 bits per heavy atom. The fourth-order valence-electron chi connectivity index (χ4n) is 2.33. The molecule has 0 spiro atoms. The third kappa shape index (κ3) is 3.04. The number of carbonyl (C=O) groups excluding carboxylic acids is 1. The molecule has 0 aromatic heterocycles. The van der Waals surface area contributed by atoms with Crippen molar-refractivity contribution in [1.29, 1.82) is 0 Å². The zero-order valence-electron chi connectivity index (χ0n) is 11.4. The van der Waals surface area contributed by atoms with E-state index in [-0.39, 0.29) is 23.9 Å². The van der Waals surface area contributed by atoms with Gasteiger partial charge in [0.05, 0.1) is 19.3 Å². The third-order valence-corrected chi connectivity index (χ3v) is 3.11. The summed E-state index contributed by atoms with van der Waals surface area (Å²) in [5.74, 6) is -0.563. The van der Waals surface area contributed by atoms with Crippen LogP contribution in [0.4, 0.5) is 4.39 Å². The molecule has 1 saturated heterocycles. The SMILES string of the molecule is COc1ccc(C(=O)N2C[C@H](C)O[C@@H](C)C2)cc1F. The number of carbonyl (C=O) groups is 1. The lowest BCUT2D eigenvalue weighted by Crippen LogP contribution is -2.48. The molecular formula is C14H18FNO3. The monoisotopic (exact) mass is 267 g/mol. The molecule has 1 aliphatic heterocycles. The summed E-state index contributed by atoms with van der Waals surface area (Å²) in [6, 6.07) is 4.26. The van der Waals surface area contributed by atoms with Gasteiger partial charge in [-0.15, -0.1) is 0 Å². The zero-order valence-corrected chi connectivity index (χ0v) is 11.4. The quantitative estimate of drug-likeness (QED) is 0.823. The maximum atomic E-state index is 13.6. The Bertz CT molecular complexity index is 468. The molecule has 0 aliphatic carbocycles. The molecule has 104 valence electrons. The molecular weight excluding hydrogens is 249 g/mol. The molecule has 0 saturated carbocycles. The minimum absolute atomic E-state index is 0.00389. The number of benzene rings is 1. The van der Waals surface area contributed by atoms with Crippen LogP contribution < -0.4 is 4.74 Å². The van der Waals surface area contributed by atoms with Gasteiger partial charge in [-0.05, 0) is 32.0 Å². The lowest BCUT2D eigenvalue weighted by atomic mass is 10.1. The summed E-state index contributed by atoms with van der Waals surface area (Å²) in [4.78, 5) is 14.0. The van der Waals surface area contributed by atoms with Crippen molar-refractivity contribution in [2.45, 2.75) is 26.1 Å². The number of amides is 1. The van der Waals surface area contributed by atoms with E-state index in [1.807, 2.05) is 13.8 Å². The summed E-state index contributed by atoms with van der Waals surface area (Å²) in [5.41, 5.74) is 0.333. The van der Waals surface area contributed by atoms with E-state index in [2.05, 4.69) is 0 Å². The molecule has 1 aliphatic rings. The predicted octanol–water partition coefficient (Wildman–Crippen LogP) is 2.08. The van der Waals surface area contributed by atoms with Crippen molar-refractivity contribution in [1.82, 2.24) is 4.90 Å². The lowest BCUT2D eigenvalue weighted by Gasteiger charge is -2.35. The van der Waals surface area contributed by atoms with Crippen LogP contribution in [0.25, 0.3) is 0 Å². The average Bonchev–Trinajstić information content (AvgIpc) is 2.36. The molecule has 1 heterocycles. The minimum atomic E-state index is -0.525. The van der Waals surface area contributed by atoms with Gasteiger partial charge in [0, 0.05) is 18.7 Å². The van der Waals surface area contributed by atoms with Crippen LogP contribution in [0.5, 0.6) is 5.75 Å². The molecule has 2 rings (SSSR count). The second-order valence-corrected chi connectivity index (χ2v) is 4.82. The highest BCUT2D eigenvalue weighted by Gasteiger charge is 2.26. The largest absolute Gasteiger partial charge is 0.494 e. The van der Waals surface area contributed by atoms with E-state index < -0.39 is 5.82 Å². The number of methoxy groups -OCH3 is 1. The first kappa shape index (κ1) is 13.8. The number of ether oxygens (including phenoxy) is 2. The van der Waals surface area contributed by atoms with Gasteiger partial charge >= 0.3 is 0 Å². The fraction of sp³-hybridized carbons (Fsp3) is 0.500. The van der Waals surface area contributed by atoms with Crippen LogP contribution in [0.1, 0.15) is 24.2 Å². The Morgan fingerprint density at radius 2 is 2.00 bits per heavy atom. The van der Waals surface area contributed by atoms with Crippen molar-refractivity contribution in [3.8, 4) is 5.75 Å². The highest BCUT2D eigenvalue weighted by Crippen LogP contribution is 2.20. The molecule has 1 fully saturated rings. The minimum Gasteiger partial charge on any atom is -0.494 e. The first-order chi connectivity index (χ1) is 9.01. The van der Waals surface area contributed by atoms with Crippen molar-refractivity contribution in [2.24, 2.45) is 0 Å². The number of hydrogen-bond acceptors (Lipinski definition) is 3. The standard InChI is InChI=1S/C14H18FNO3/c1-9-7-16(8-10(2)19-9)14(17)11-4-5-13(18-3)12(15)6-11/h4-6,9-10H,7-8H2,1-3H3/t9-,10-/m0/s1. The van der Waals surface area contributed by atoms with Crippen LogP contribution in [-0.4, -0.2) is 43.2 Å². The fourth-order valence-corrected chi connectivity index (χ4v) is 2.33. The van der Waals surface area contributed by atoms with E-state index in [0.717, 1.165) is 0 Å². The number of hydrogen-bond donors (Lipinski definition) is 0. The Kier molecular flexibility index (Phi) is 4.04. The maximum absolute atomic E-state index is 13.6. The molecule has 5 heteroatoms. The Balaban J connectivity index is 2.17. The third-order valence-electron chi connectivity index (χ3n) is 3.11. The normalized spacial score (nSPS) is 23.3. The van der Waals surface area contributed by atoms with Crippen LogP contribution in [0.2, 0.25) is 0 Å². The van der Waals surface area contributed by atoms with Crippen LogP contribution >= 0.6 is 0 Å². The summed E-state index contributed by atoms with van der Waals surface area (Å²) < 4.78 is 24.0. The van der Waals surface area contributed by atoms with Gasteiger partial charge in [0.25, 0.3) is 5.91 Å². The predicted molar refractivity (Wildman–Crippen MR) is 68.9 cm³/mol. The smallest absolute Gasteiger partial charge is 0.254 e. The topological polar surface area (TPSA) is 38.8 Å². The highest BCUT2D eigenvalue weighted by molar-refractivity contribution is 5.94. The number of halogens is 1. The second-order valence-electron chi connectivity index (χ2n) is 4.82. The molecule has 4 nitrogen and oxygen atoms in total.